The highest BCUT2D eigenvalue weighted by molar-refractivity contribution is 7.28. The van der Waals surface area contributed by atoms with Crippen LogP contribution in [0.25, 0.3) is 0 Å². The lowest BCUT2D eigenvalue weighted by Crippen LogP contribution is -2.36. The number of anilines is 1. The Morgan fingerprint density at radius 3 is 2.72 bits per heavy atom. The minimum atomic E-state index is -0.320. The average molecular weight is 267 g/mol. The second kappa shape index (κ2) is 5.63. The van der Waals surface area contributed by atoms with Gasteiger partial charge in [0.05, 0.1) is 4.92 Å². The van der Waals surface area contributed by atoms with Crippen LogP contribution in [0.2, 0.25) is 0 Å². The summed E-state index contributed by atoms with van der Waals surface area (Å²) in [6.07, 6.45) is 2.05. The quantitative estimate of drug-likeness (QED) is 0.513. The van der Waals surface area contributed by atoms with E-state index in [2.05, 4.69) is 26.5 Å². The Labute approximate surface area is 109 Å². The van der Waals surface area contributed by atoms with Gasteiger partial charge in [0.25, 0.3) is 5.69 Å². The Morgan fingerprint density at radius 2 is 2.11 bits per heavy atom. The van der Waals surface area contributed by atoms with Crippen LogP contribution in [0.3, 0.4) is 0 Å². The highest BCUT2D eigenvalue weighted by atomic mass is 31.0. The van der Waals surface area contributed by atoms with E-state index in [9.17, 15) is 10.1 Å². The van der Waals surface area contributed by atoms with Gasteiger partial charge in [-0.3, -0.25) is 10.1 Å². The molecule has 0 bridgehead atoms. The van der Waals surface area contributed by atoms with Crippen molar-refractivity contribution in [1.82, 2.24) is 4.90 Å². The smallest absolute Gasteiger partial charge is 0.299 e. The molecule has 18 heavy (non-hydrogen) atoms. The number of benzene rings is 1. The van der Waals surface area contributed by atoms with E-state index in [1.807, 2.05) is 6.07 Å². The third-order valence-corrected chi connectivity index (χ3v) is 3.79. The molecule has 6 heteroatoms. The van der Waals surface area contributed by atoms with Crippen LogP contribution in [0, 0.1) is 10.1 Å². The average Bonchev–Trinajstić information content (AvgIpc) is 2.32. The highest BCUT2D eigenvalue weighted by Gasteiger charge is 2.21. The monoisotopic (exact) mass is 267 g/mol. The van der Waals surface area contributed by atoms with E-state index >= 15 is 0 Å². The molecule has 1 N–H and O–H groups in total. The largest absolute Gasteiger partial charge is 0.377 e. The van der Waals surface area contributed by atoms with Crippen molar-refractivity contribution >= 4 is 25.9 Å². The Morgan fingerprint density at radius 1 is 1.44 bits per heavy atom. The number of nitrogens with one attached hydrogen (secondary N) is 1. The summed E-state index contributed by atoms with van der Waals surface area (Å²) >= 11 is 0. The van der Waals surface area contributed by atoms with Crippen LogP contribution < -0.4 is 10.6 Å². The fourth-order valence-corrected chi connectivity index (χ4v) is 2.63. The van der Waals surface area contributed by atoms with Crippen LogP contribution in [0.4, 0.5) is 11.4 Å². The van der Waals surface area contributed by atoms with E-state index in [1.165, 1.54) is 0 Å². The van der Waals surface area contributed by atoms with Crippen LogP contribution in [-0.4, -0.2) is 36.0 Å². The molecule has 0 amide bonds. The predicted molar refractivity (Wildman–Crippen MR) is 76.6 cm³/mol. The highest BCUT2D eigenvalue weighted by Crippen LogP contribution is 2.26. The molecule has 1 atom stereocenters. The number of nitro groups is 1. The number of rotatable bonds is 3. The van der Waals surface area contributed by atoms with Crippen molar-refractivity contribution in [3.63, 3.8) is 0 Å². The van der Waals surface area contributed by atoms with Gasteiger partial charge in [0, 0.05) is 11.3 Å². The predicted octanol–water partition coefficient (Wildman–Crippen LogP) is 1.60. The summed E-state index contributed by atoms with van der Waals surface area (Å²) in [6, 6.07) is 5.69. The van der Waals surface area contributed by atoms with Crippen LogP contribution in [0.1, 0.15) is 12.8 Å². The minimum absolute atomic E-state index is 0.168. The Hall–Kier alpha value is -1.19. The molecular formula is C12H18N3O2P. The lowest BCUT2D eigenvalue weighted by Gasteiger charge is -2.30. The molecule has 0 saturated carbocycles. The van der Waals surface area contributed by atoms with E-state index in [4.69, 9.17) is 0 Å². The molecule has 98 valence electrons. The maximum Gasteiger partial charge on any atom is 0.299 e. The van der Waals surface area contributed by atoms with Crippen LogP contribution >= 0.6 is 9.24 Å². The first-order chi connectivity index (χ1) is 8.58. The molecule has 1 aromatic rings. The molecule has 1 saturated heterocycles. The number of hydrogen-bond donors (Lipinski definition) is 1. The van der Waals surface area contributed by atoms with Crippen molar-refractivity contribution < 1.29 is 4.92 Å². The molecule has 1 unspecified atom stereocenters. The molecular weight excluding hydrogens is 249 g/mol. The van der Waals surface area contributed by atoms with Crippen molar-refractivity contribution in [1.29, 1.82) is 0 Å². The lowest BCUT2D eigenvalue weighted by atomic mass is 10.0. The van der Waals surface area contributed by atoms with Gasteiger partial charge in [-0.05, 0) is 45.1 Å². The number of likely N-dealkylation sites (tertiary alicyclic amines) is 1. The summed E-state index contributed by atoms with van der Waals surface area (Å²) in [4.78, 5) is 13.0. The number of nitrogens with zero attached hydrogens (tertiary/aromatic N) is 2. The molecule has 1 aliphatic rings. The maximum absolute atomic E-state index is 11.1. The first kappa shape index (κ1) is 13.2. The fourth-order valence-electron chi connectivity index (χ4n) is 2.25. The van der Waals surface area contributed by atoms with Crippen molar-refractivity contribution in [2.45, 2.75) is 18.9 Å². The zero-order valence-corrected chi connectivity index (χ0v) is 11.6. The Balaban J connectivity index is 2.14. The zero-order chi connectivity index (χ0) is 13.1. The van der Waals surface area contributed by atoms with E-state index < -0.39 is 0 Å². The number of para-hydroxylation sites is 1. The van der Waals surface area contributed by atoms with Gasteiger partial charge in [0.15, 0.2) is 0 Å². The number of piperidine rings is 1. The van der Waals surface area contributed by atoms with Crippen molar-refractivity contribution in [2.24, 2.45) is 0 Å². The van der Waals surface area contributed by atoms with Gasteiger partial charge in [-0.25, -0.2) is 0 Å². The third kappa shape index (κ3) is 2.98. The Kier molecular flexibility index (Phi) is 4.15. The summed E-state index contributed by atoms with van der Waals surface area (Å²) < 4.78 is 0. The van der Waals surface area contributed by atoms with E-state index in [0.29, 0.717) is 17.0 Å². The summed E-state index contributed by atoms with van der Waals surface area (Å²) in [7, 11) is 4.52. The first-order valence-corrected chi connectivity index (χ1v) is 6.63. The Bertz CT molecular complexity index is 445. The number of hydrogen-bond acceptors (Lipinski definition) is 4. The molecule has 0 aromatic heterocycles. The van der Waals surface area contributed by atoms with E-state index in [1.54, 1.807) is 12.1 Å². The third-order valence-electron chi connectivity index (χ3n) is 3.33. The van der Waals surface area contributed by atoms with Gasteiger partial charge in [0.1, 0.15) is 5.69 Å². The van der Waals surface area contributed by atoms with Crippen LogP contribution in [0.5, 0.6) is 0 Å². The molecule has 2 rings (SSSR count). The fraction of sp³-hybridized carbons (Fsp3) is 0.500. The molecule has 0 spiro atoms. The van der Waals surface area contributed by atoms with Crippen LogP contribution in [-0.2, 0) is 0 Å². The zero-order valence-electron chi connectivity index (χ0n) is 10.4. The molecule has 1 fully saturated rings. The van der Waals surface area contributed by atoms with E-state index in [0.717, 1.165) is 25.9 Å². The van der Waals surface area contributed by atoms with Gasteiger partial charge in [-0.2, -0.15) is 0 Å². The topological polar surface area (TPSA) is 58.4 Å². The molecule has 0 radical (unpaired) electrons. The second-order valence-corrected chi connectivity index (χ2v) is 5.34. The summed E-state index contributed by atoms with van der Waals surface area (Å²) in [5.74, 6) is 0. The van der Waals surface area contributed by atoms with Gasteiger partial charge in [-0.15, -0.1) is 0 Å². The molecule has 0 aliphatic carbocycles. The van der Waals surface area contributed by atoms with Crippen molar-refractivity contribution in [2.75, 3.05) is 25.5 Å². The van der Waals surface area contributed by atoms with Crippen molar-refractivity contribution in [3.05, 3.63) is 28.3 Å². The van der Waals surface area contributed by atoms with Crippen LogP contribution in [0.15, 0.2) is 18.2 Å². The minimum Gasteiger partial charge on any atom is -0.377 e. The normalized spacial score (nSPS) is 17.7. The molecule has 5 nitrogen and oxygen atoms in total. The molecule has 1 heterocycles. The van der Waals surface area contributed by atoms with Gasteiger partial charge < -0.3 is 10.2 Å². The number of nitro benzene ring substituents is 1. The molecule has 1 aromatic carbocycles. The summed E-state index contributed by atoms with van der Waals surface area (Å²) in [5.41, 5.74) is 0.795. The summed E-state index contributed by atoms with van der Waals surface area (Å²) in [5, 5.41) is 15.0. The standard InChI is InChI=1S/C12H18N3O2P/c1-14-7-5-9(6-8-14)13-10-3-2-4-11(18)12(10)15(16)17/h2-4,9,13H,5-8,18H2,1H3. The second-order valence-electron chi connectivity index (χ2n) is 4.72. The van der Waals surface area contributed by atoms with Gasteiger partial charge in [-0.1, -0.05) is 15.3 Å². The van der Waals surface area contributed by atoms with Gasteiger partial charge in [0.2, 0.25) is 0 Å². The van der Waals surface area contributed by atoms with Gasteiger partial charge >= 0.3 is 0 Å². The first-order valence-electron chi connectivity index (χ1n) is 6.06. The lowest BCUT2D eigenvalue weighted by molar-refractivity contribution is -0.382. The van der Waals surface area contributed by atoms with Crippen molar-refractivity contribution in [3.8, 4) is 0 Å². The van der Waals surface area contributed by atoms with E-state index in [-0.39, 0.29) is 10.6 Å². The SMILES string of the molecule is CN1CCC(Nc2cccc(P)c2[N+](=O)[O-])CC1. The molecule has 1 aliphatic heterocycles. The maximum atomic E-state index is 11.1. The summed E-state index contributed by atoms with van der Waals surface area (Å²) in [6.45, 7) is 2.07.